The number of aryl methyl sites for hydroxylation is 1. The van der Waals surface area contributed by atoms with Crippen molar-refractivity contribution in [1.29, 1.82) is 0 Å². The summed E-state index contributed by atoms with van der Waals surface area (Å²) in [6.07, 6.45) is 3.93. The van der Waals surface area contributed by atoms with Crippen LogP contribution in [0.1, 0.15) is 15.9 Å². The van der Waals surface area contributed by atoms with Crippen LogP contribution in [-0.4, -0.2) is 15.3 Å². The molecule has 0 bridgehead atoms. The van der Waals surface area contributed by atoms with Crippen molar-refractivity contribution < 1.29 is 4.79 Å². The number of para-hydroxylation sites is 1. The van der Waals surface area contributed by atoms with E-state index in [-0.39, 0.29) is 5.91 Å². The van der Waals surface area contributed by atoms with Crippen LogP contribution in [0.3, 0.4) is 0 Å². The van der Waals surface area contributed by atoms with Crippen LogP contribution >= 0.6 is 11.6 Å². The Labute approximate surface area is 156 Å². The second-order valence-corrected chi connectivity index (χ2v) is 6.49. The lowest BCUT2D eigenvalue weighted by molar-refractivity contribution is 0.102. The number of rotatable bonds is 3. The van der Waals surface area contributed by atoms with Crippen LogP contribution in [-0.2, 0) is 0 Å². The maximum Gasteiger partial charge on any atom is 0.255 e. The van der Waals surface area contributed by atoms with Crippen molar-refractivity contribution in [1.82, 2.24) is 9.38 Å². The SMILES string of the molecule is Cc1cccn2cc(-c3ccccc3NC(=O)c3ccc(Cl)cc3)nc12. The highest BCUT2D eigenvalue weighted by molar-refractivity contribution is 6.30. The Morgan fingerprint density at radius 2 is 1.81 bits per heavy atom. The molecule has 4 nitrogen and oxygen atoms in total. The maximum atomic E-state index is 12.6. The molecule has 128 valence electrons. The minimum atomic E-state index is -0.186. The number of aromatic nitrogens is 2. The molecule has 0 saturated carbocycles. The average molecular weight is 362 g/mol. The van der Waals surface area contributed by atoms with E-state index in [1.807, 2.05) is 60.1 Å². The number of halogens is 1. The van der Waals surface area contributed by atoms with Crippen LogP contribution in [0, 0.1) is 6.92 Å². The normalized spacial score (nSPS) is 10.8. The van der Waals surface area contributed by atoms with E-state index < -0.39 is 0 Å². The monoisotopic (exact) mass is 361 g/mol. The van der Waals surface area contributed by atoms with E-state index in [2.05, 4.69) is 5.32 Å². The number of hydrogen-bond donors (Lipinski definition) is 1. The van der Waals surface area contributed by atoms with Gasteiger partial charge in [-0.25, -0.2) is 4.98 Å². The van der Waals surface area contributed by atoms with Gasteiger partial charge >= 0.3 is 0 Å². The second kappa shape index (κ2) is 6.65. The van der Waals surface area contributed by atoms with E-state index in [0.717, 1.165) is 22.5 Å². The molecule has 0 aliphatic carbocycles. The van der Waals surface area contributed by atoms with E-state index >= 15 is 0 Å². The van der Waals surface area contributed by atoms with E-state index in [0.29, 0.717) is 16.3 Å². The minimum absolute atomic E-state index is 0.186. The summed E-state index contributed by atoms with van der Waals surface area (Å²) in [7, 11) is 0. The molecule has 2 aromatic carbocycles. The molecule has 4 rings (SSSR count). The fraction of sp³-hybridized carbons (Fsp3) is 0.0476. The topological polar surface area (TPSA) is 46.4 Å². The third-order valence-corrected chi connectivity index (χ3v) is 4.49. The van der Waals surface area contributed by atoms with Crippen LogP contribution in [0.5, 0.6) is 0 Å². The first kappa shape index (κ1) is 16.4. The van der Waals surface area contributed by atoms with Crippen molar-refractivity contribution >= 4 is 28.8 Å². The van der Waals surface area contributed by atoms with Gasteiger partial charge in [-0.1, -0.05) is 35.9 Å². The molecular weight excluding hydrogens is 346 g/mol. The Morgan fingerprint density at radius 1 is 1.04 bits per heavy atom. The number of nitrogens with one attached hydrogen (secondary N) is 1. The lowest BCUT2D eigenvalue weighted by Crippen LogP contribution is -2.12. The number of fused-ring (bicyclic) bond motifs is 1. The highest BCUT2D eigenvalue weighted by atomic mass is 35.5. The molecule has 2 aromatic heterocycles. The first-order valence-corrected chi connectivity index (χ1v) is 8.60. The predicted octanol–water partition coefficient (Wildman–Crippen LogP) is 5.22. The van der Waals surface area contributed by atoms with Gasteiger partial charge in [-0.05, 0) is 48.9 Å². The average Bonchev–Trinajstić information content (AvgIpc) is 3.08. The van der Waals surface area contributed by atoms with Crippen molar-refractivity contribution in [3.63, 3.8) is 0 Å². The van der Waals surface area contributed by atoms with Crippen molar-refractivity contribution in [3.8, 4) is 11.3 Å². The summed E-state index contributed by atoms with van der Waals surface area (Å²) >= 11 is 5.89. The van der Waals surface area contributed by atoms with Gasteiger partial charge < -0.3 is 9.72 Å². The van der Waals surface area contributed by atoms with Gasteiger partial charge in [0, 0.05) is 28.5 Å². The molecule has 26 heavy (non-hydrogen) atoms. The van der Waals surface area contributed by atoms with Gasteiger partial charge in [-0.2, -0.15) is 0 Å². The molecule has 0 atom stereocenters. The van der Waals surface area contributed by atoms with Gasteiger partial charge in [0.15, 0.2) is 0 Å². The van der Waals surface area contributed by atoms with E-state index in [1.165, 1.54) is 0 Å². The highest BCUT2D eigenvalue weighted by Crippen LogP contribution is 2.28. The minimum Gasteiger partial charge on any atom is -0.321 e. The van der Waals surface area contributed by atoms with Crippen molar-refractivity contribution in [3.05, 3.63) is 89.2 Å². The Bertz CT molecular complexity index is 1100. The molecule has 0 unspecified atom stereocenters. The third-order valence-electron chi connectivity index (χ3n) is 4.24. The second-order valence-electron chi connectivity index (χ2n) is 6.05. The van der Waals surface area contributed by atoms with Gasteiger partial charge in [0.2, 0.25) is 0 Å². The van der Waals surface area contributed by atoms with Gasteiger partial charge in [0.25, 0.3) is 5.91 Å². The van der Waals surface area contributed by atoms with Crippen LogP contribution in [0.2, 0.25) is 5.02 Å². The molecular formula is C21H16ClN3O. The lowest BCUT2D eigenvalue weighted by Gasteiger charge is -2.09. The van der Waals surface area contributed by atoms with Gasteiger partial charge in [-0.15, -0.1) is 0 Å². The van der Waals surface area contributed by atoms with E-state index in [4.69, 9.17) is 16.6 Å². The number of pyridine rings is 1. The molecule has 0 radical (unpaired) electrons. The number of amides is 1. The molecule has 1 N–H and O–H groups in total. The summed E-state index contributed by atoms with van der Waals surface area (Å²) in [4.78, 5) is 17.3. The zero-order valence-electron chi connectivity index (χ0n) is 14.1. The fourth-order valence-corrected chi connectivity index (χ4v) is 3.02. The number of anilines is 1. The molecule has 2 heterocycles. The van der Waals surface area contributed by atoms with E-state index in [1.54, 1.807) is 24.3 Å². The zero-order chi connectivity index (χ0) is 18.1. The zero-order valence-corrected chi connectivity index (χ0v) is 14.9. The standard InChI is InChI=1S/C21H16ClN3O/c1-14-5-4-12-25-13-19(23-20(14)25)17-6-2-3-7-18(17)24-21(26)15-8-10-16(22)11-9-15/h2-13H,1H3,(H,24,26). The van der Waals surface area contributed by atoms with Gasteiger partial charge in [0.1, 0.15) is 5.65 Å². The number of carbonyl (C=O) groups is 1. The smallest absolute Gasteiger partial charge is 0.255 e. The van der Waals surface area contributed by atoms with E-state index in [9.17, 15) is 4.79 Å². The Hall–Kier alpha value is -3.11. The van der Waals surface area contributed by atoms with Gasteiger partial charge in [0.05, 0.1) is 11.4 Å². The number of nitrogens with zero attached hydrogens (tertiary/aromatic N) is 2. The summed E-state index contributed by atoms with van der Waals surface area (Å²) < 4.78 is 1.99. The largest absolute Gasteiger partial charge is 0.321 e. The van der Waals surface area contributed by atoms with Crippen molar-refractivity contribution in [2.24, 2.45) is 0 Å². The predicted molar refractivity (Wildman–Crippen MR) is 105 cm³/mol. The molecule has 0 saturated heterocycles. The third kappa shape index (κ3) is 3.07. The summed E-state index contributed by atoms with van der Waals surface area (Å²) in [6, 6.07) is 18.5. The van der Waals surface area contributed by atoms with Crippen molar-refractivity contribution in [2.75, 3.05) is 5.32 Å². The molecule has 5 heteroatoms. The highest BCUT2D eigenvalue weighted by Gasteiger charge is 2.13. The van der Waals surface area contributed by atoms with Crippen LogP contribution in [0.25, 0.3) is 16.9 Å². The van der Waals surface area contributed by atoms with Crippen molar-refractivity contribution in [2.45, 2.75) is 6.92 Å². The van der Waals surface area contributed by atoms with Gasteiger partial charge in [-0.3, -0.25) is 4.79 Å². The summed E-state index contributed by atoms with van der Waals surface area (Å²) in [5.41, 5.74) is 4.95. The Kier molecular flexibility index (Phi) is 4.19. The summed E-state index contributed by atoms with van der Waals surface area (Å²) in [6.45, 7) is 2.03. The molecule has 0 spiro atoms. The quantitative estimate of drug-likeness (QED) is 0.544. The molecule has 0 fully saturated rings. The summed E-state index contributed by atoms with van der Waals surface area (Å²) in [5, 5.41) is 3.57. The van der Waals surface area contributed by atoms with Crippen LogP contribution < -0.4 is 5.32 Å². The molecule has 4 aromatic rings. The van der Waals surface area contributed by atoms with Crippen LogP contribution in [0.15, 0.2) is 73.1 Å². The number of benzene rings is 2. The number of imidazole rings is 1. The fourth-order valence-electron chi connectivity index (χ4n) is 2.89. The Morgan fingerprint density at radius 3 is 2.58 bits per heavy atom. The molecule has 0 aliphatic rings. The summed E-state index contributed by atoms with van der Waals surface area (Å²) in [5.74, 6) is -0.186. The molecule has 0 aliphatic heterocycles. The maximum absolute atomic E-state index is 12.6. The first-order chi connectivity index (χ1) is 12.6. The molecule has 1 amide bonds. The van der Waals surface area contributed by atoms with Crippen LogP contribution in [0.4, 0.5) is 5.69 Å². The Balaban J connectivity index is 1.71. The number of carbonyl (C=O) groups excluding carboxylic acids is 1. The first-order valence-electron chi connectivity index (χ1n) is 8.22. The number of hydrogen-bond acceptors (Lipinski definition) is 2. The lowest BCUT2D eigenvalue weighted by atomic mass is 10.1.